The third-order valence-corrected chi connectivity index (χ3v) is 5.52. The van der Waals surface area contributed by atoms with Crippen LogP contribution in [-0.2, 0) is 4.79 Å². The summed E-state index contributed by atoms with van der Waals surface area (Å²) < 4.78 is 15.3. The molecule has 3 nitrogen and oxygen atoms in total. The van der Waals surface area contributed by atoms with Crippen LogP contribution in [0.2, 0.25) is 0 Å². The maximum Gasteiger partial charge on any atom is 0.262 e. The molecule has 1 N–H and O–H groups in total. The first kappa shape index (κ1) is 16.7. The normalized spacial score (nSPS) is 15.0. The predicted molar refractivity (Wildman–Crippen MR) is 104 cm³/mol. The molecule has 0 unspecified atom stereocenters. The largest absolute Gasteiger partial charge is 0.320 e. The van der Waals surface area contributed by atoms with Crippen molar-refractivity contribution in [1.82, 2.24) is 4.57 Å². The molecule has 0 atom stereocenters. The van der Waals surface area contributed by atoms with Crippen molar-refractivity contribution in [1.29, 1.82) is 0 Å². The second kappa shape index (κ2) is 6.50. The second-order valence-corrected chi connectivity index (χ2v) is 7.28. The highest BCUT2D eigenvalue weighted by molar-refractivity contribution is 8.04. The van der Waals surface area contributed by atoms with Crippen molar-refractivity contribution < 1.29 is 9.18 Å². The molecule has 1 aromatic heterocycles. The molecule has 0 saturated carbocycles. The van der Waals surface area contributed by atoms with Crippen LogP contribution >= 0.6 is 11.8 Å². The molecule has 0 radical (unpaired) electrons. The summed E-state index contributed by atoms with van der Waals surface area (Å²) in [6, 6.07) is 16.2. The van der Waals surface area contributed by atoms with Gasteiger partial charge in [-0.05, 0) is 68.0 Å². The number of halogens is 1. The zero-order valence-corrected chi connectivity index (χ0v) is 15.2. The van der Waals surface area contributed by atoms with Crippen LogP contribution in [0.4, 0.5) is 10.1 Å². The number of aryl methyl sites for hydroxylation is 1. The highest BCUT2D eigenvalue weighted by Gasteiger charge is 2.21. The maximum atomic E-state index is 13.2. The zero-order valence-electron chi connectivity index (χ0n) is 14.4. The summed E-state index contributed by atoms with van der Waals surface area (Å²) in [5, 5.41) is 2.93. The number of nitrogens with zero attached hydrogens (tertiary/aromatic N) is 1. The number of amides is 1. The lowest BCUT2D eigenvalue weighted by Gasteiger charge is -2.18. The van der Waals surface area contributed by atoms with Crippen LogP contribution in [0.3, 0.4) is 0 Å². The Bertz CT molecular complexity index is 1030. The van der Waals surface area contributed by atoms with Crippen molar-refractivity contribution in [2.24, 2.45) is 0 Å². The number of rotatable bonds is 2. The van der Waals surface area contributed by atoms with Crippen LogP contribution < -0.4 is 5.32 Å². The first-order valence-corrected chi connectivity index (χ1v) is 9.09. The first-order valence-electron chi connectivity index (χ1n) is 8.28. The fourth-order valence-corrected chi connectivity index (χ4v) is 4.11. The molecule has 4 rings (SSSR count). The van der Waals surface area contributed by atoms with E-state index in [-0.39, 0.29) is 11.7 Å². The molecule has 1 aliphatic heterocycles. The molecular weight excluding hydrogens is 347 g/mol. The van der Waals surface area contributed by atoms with E-state index in [0.717, 1.165) is 33.2 Å². The predicted octanol–water partition coefficient (Wildman–Crippen LogP) is 5.32. The number of carbonyl (C=O) groups is 1. The highest BCUT2D eigenvalue weighted by atomic mass is 32.2. The monoisotopic (exact) mass is 364 g/mol. The van der Waals surface area contributed by atoms with Crippen LogP contribution in [0.5, 0.6) is 0 Å². The van der Waals surface area contributed by atoms with Gasteiger partial charge < -0.3 is 9.88 Å². The van der Waals surface area contributed by atoms with Crippen molar-refractivity contribution >= 4 is 29.4 Å². The number of fused-ring (bicyclic) bond motifs is 1. The van der Waals surface area contributed by atoms with Crippen LogP contribution in [0.15, 0.2) is 64.4 Å². The number of thioether (sulfide) groups is 1. The van der Waals surface area contributed by atoms with Crippen molar-refractivity contribution in [3.8, 4) is 5.69 Å². The molecule has 130 valence electrons. The summed E-state index contributed by atoms with van der Waals surface area (Å²) in [5.74, 6) is -0.354. The lowest BCUT2D eigenvalue weighted by molar-refractivity contribution is -0.112. The zero-order chi connectivity index (χ0) is 18.3. The molecule has 1 aliphatic rings. The van der Waals surface area contributed by atoms with Crippen molar-refractivity contribution in [3.63, 3.8) is 0 Å². The number of aromatic nitrogens is 1. The average Bonchev–Trinajstić information content (AvgIpc) is 2.90. The van der Waals surface area contributed by atoms with Gasteiger partial charge in [0.25, 0.3) is 5.91 Å². The van der Waals surface area contributed by atoms with Gasteiger partial charge in [-0.2, -0.15) is 0 Å². The molecule has 0 aliphatic carbocycles. The molecule has 0 fully saturated rings. The summed E-state index contributed by atoms with van der Waals surface area (Å²) >= 11 is 1.47. The lowest BCUT2D eigenvalue weighted by Crippen LogP contribution is -2.17. The van der Waals surface area contributed by atoms with Gasteiger partial charge in [-0.1, -0.05) is 23.9 Å². The van der Waals surface area contributed by atoms with Gasteiger partial charge >= 0.3 is 0 Å². The van der Waals surface area contributed by atoms with E-state index in [1.807, 2.05) is 50.3 Å². The van der Waals surface area contributed by atoms with E-state index in [2.05, 4.69) is 9.88 Å². The Labute approximate surface area is 155 Å². The number of hydrogen-bond donors (Lipinski definition) is 1. The van der Waals surface area contributed by atoms with E-state index >= 15 is 0 Å². The van der Waals surface area contributed by atoms with E-state index < -0.39 is 0 Å². The second-order valence-electron chi connectivity index (χ2n) is 6.20. The van der Waals surface area contributed by atoms with Crippen LogP contribution in [0.1, 0.15) is 17.0 Å². The fourth-order valence-electron chi connectivity index (χ4n) is 3.17. The van der Waals surface area contributed by atoms with Gasteiger partial charge in [0.2, 0.25) is 0 Å². The third-order valence-electron chi connectivity index (χ3n) is 4.42. The van der Waals surface area contributed by atoms with Crippen molar-refractivity contribution in [3.05, 3.63) is 82.3 Å². The molecule has 0 bridgehead atoms. The summed E-state index contributed by atoms with van der Waals surface area (Å²) in [6.07, 6.45) is 1.91. The van der Waals surface area contributed by atoms with Gasteiger partial charge in [0.15, 0.2) is 0 Å². The van der Waals surface area contributed by atoms with Crippen LogP contribution in [0.25, 0.3) is 11.8 Å². The topological polar surface area (TPSA) is 34.0 Å². The number of anilines is 1. The van der Waals surface area contributed by atoms with E-state index in [0.29, 0.717) is 4.91 Å². The summed E-state index contributed by atoms with van der Waals surface area (Å²) in [7, 11) is 0. The van der Waals surface area contributed by atoms with Crippen molar-refractivity contribution in [2.75, 3.05) is 5.32 Å². The Morgan fingerprint density at radius 3 is 2.58 bits per heavy atom. The number of nitrogens with one attached hydrogen (secondary N) is 1. The molecule has 0 spiro atoms. The Morgan fingerprint density at radius 2 is 1.81 bits per heavy atom. The smallest absolute Gasteiger partial charge is 0.262 e. The fraction of sp³-hybridized carbons (Fsp3) is 0.0952. The Balaban J connectivity index is 1.73. The molecule has 2 heterocycles. The molecule has 1 amide bonds. The number of hydrogen-bond acceptors (Lipinski definition) is 2. The van der Waals surface area contributed by atoms with Crippen LogP contribution in [-0.4, -0.2) is 10.5 Å². The Morgan fingerprint density at radius 1 is 1.08 bits per heavy atom. The lowest BCUT2D eigenvalue weighted by atomic mass is 10.2. The molecule has 0 saturated heterocycles. The number of benzene rings is 2. The molecule has 26 heavy (non-hydrogen) atoms. The average molecular weight is 364 g/mol. The van der Waals surface area contributed by atoms with E-state index in [1.54, 1.807) is 12.1 Å². The van der Waals surface area contributed by atoms with E-state index in [9.17, 15) is 9.18 Å². The molecular formula is C21H17FN2OS. The minimum absolute atomic E-state index is 0.0970. The molecule has 2 aromatic carbocycles. The summed E-state index contributed by atoms with van der Waals surface area (Å²) in [5.41, 5.74) is 4.76. The molecule has 3 aromatic rings. The van der Waals surface area contributed by atoms with Gasteiger partial charge in [0, 0.05) is 22.0 Å². The van der Waals surface area contributed by atoms with E-state index in [4.69, 9.17) is 0 Å². The van der Waals surface area contributed by atoms with Gasteiger partial charge in [0.1, 0.15) is 5.82 Å². The van der Waals surface area contributed by atoms with Crippen LogP contribution in [0, 0.1) is 19.7 Å². The standard InChI is InChI=1S/C21H17FN2OS/c1-13-11-15(14(2)24(13)17-9-7-16(22)8-10-17)12-20-21(25)23-18-5-3-4-6-19(18)26-20/h3-12H,1-2H3,(H,23,25)/b20-12-. The van der Waals surface area contributed by atoms with Gasteiger partial charge in [-0.3, -0.25) is 4.79 Å². The molecule has 5 heteroatoms. The van der Waals surface area contributed by atoms with Crippen molar-refractivity contribution in [2.45, 2.75) is 18.7 Å². The SMILES string of the molecule is Cc1cc(/C=C2\Sc3ccccc3NC2=O)c(C)n1-c1ccc(F)cc1. The summed E-state index contributed by atoms with van der Waals surface area (Å²) in [6.45, 7) is 4.00. The number of para-hydroxylation sites is 1. The van der Waals surface area contributed by atoms with Gasteiger partial charge in [-0.25, -0.2) is 4.39 Å². The van der Waals surface area contributed by atoms with Gasteiger partial charge in [-0.15, -0.1) is 0 Å². The third kappa shape index (κ3) is 2.95. The van der Waals surface area contributed by atoms with Gasteiger partial charge in [0.05, 0.1) is 10.6 Å². The first-order chi connectivity index (χ1) is 12.5. The number of carbonyl (C=O) groups excluding carboxylic acids is 1. The minimum Gasteiger partial charge on any atom is -0.320 e. The Hall–Kier alpha value is -2.79. The minimum atomic E-state index is -0.257. The quantitative estimate of drug-likeness (QED) is 0.625. The summed E-state index contributed by atoms with van der Waals surface area (Å²) in [4.78, 5) is 14.1. The Kier molecular flexibility index (Phi) is 4.17. The van der Waals surface area contributed by atoms with E-state index in [1.165, 1.54) is 23.9 Å². The maximum absolute atomic E-state index is 13.2. The highest BCUT2D eigenvalue weighted by Crippen LogP contribution is 2.39.